The fourth-order valence-electron chi connectivity index (χ4n) is 0.814. The number of hydrogen-bond donors (Lipinski definition) is 0. The molecule has 1 rings (SSSR count). The molecule has 1 aromatic heterocycles. The Bertz CT molecular complexity index is 493. The number of rotatable bonds is 2. The van der Waals surface area contributed by atoms with Gasteiger partial charge in [-0.1, -0.05) is 0 Å². The van der Waals surface area contributed by atoms with E-state index in [9.17, 15) is 21.6 Å². The Kier molecular flexibility index (Phi) is 3.82. The molecule has 0 saturated carbocycles. The maximum absolute atomic E-state index is 12.9. The van der Waals surface area contributed by atoms with Gasteiger partial charge < -0.3 is 0 Å². The van der Waals surface area contributed by atoms with Crippen LogP contribution >= 0.6 is 33.3 Å². The highest BCUT2D eigenvalue weighted by atomic mass is 127. The number of alkyl halides is 2. The van der Waals surface area contributed by atoms with Gasteiger partial charge in [-0.15, -0.1) is 0 Å². The molecular weight excluding hydrogens is 369 g/mol. The third-order valence-electron chi connectivity index (χ3n) is 1.40. The van der Waals surface area contributed by atoms with Gasteiger partial charge >= 0.3 is 0 Å². The van der Waals surface area contributed by atoms with Gasteiger partial charge in [0.2, 0.25) is 0 Å². The van der Waals surface area contributed by atoms with Gasteiger partial charge in [0.15, 0.2) is 5.82 Å². The first kappa shape index (κ1) is 13.0. The first-order valence-corrected chi connectivity index (χ1v) is 6.71. The van der Waals surface area contributed by atoms with E-state index in [1.54, 1.807) is 0 Å². The van der Waals surface area contributed by atoms with Crippen LogP contribution in [-0.4, -0.2) is 13.4 Å². The number of halogens is 5. The smallest absolute Gasteiger partial charge is 0.236 e. The zero-order chi connectivity index (χ0) is 11.8. The second-order valence-electron chi connectivity index (χ2n) is 2.38. The maximum Gasteiger partial charge on any atom is 0.281 e. The van der Waals surface area contributed by atoms with E-state index in [0.717, 1.165) is 0 Å². The Hall–Kier alpha value is -0.0900. The van der Waals surface area contributed by atoms with E-state index in [-0.39, 0.29) is 3.70 Å². The van der Waals surface area contributed by atoms with Crippen molar-refractivity contribution in [2.75, 3.05) is 0 Å². The van der Waals surface area contributed by atoms with Crippen molar-refractivity contribution in [3.63, 3.8) is 0 Å². The fraction of sp³-hybridized carbons (Fsp3) is 0.167. The normalized spacial score (nSPS) is 12.1. The Balaban J connectivity index is 3.56. The molecule has 1 aromatic rings. The highest BCUT2D eigenvalue weighted by Crippen LogP contribution is 2.28. The largest absolute Gasteiger partial charge is 0.281 e. The summed E-state index contributed by atoms with van der Waals surface area (Å²) < 4.78 is 59.0. The Morgan fingerprint density at radius 2 is 2.00 bits per heavy atom. The van der Waals surface area contributed by atoms with Crippen LogP contribution in [0.25, 0.3) is 0 Å². The molecule has 1 heterocycles. The summed E-state index contributed by atoms with van der Waals surface area (Å²) in [4.78, 5) is 2.13. The van der Waals surface area contributed by atoms with Crippen LogP contribution < -0.4 is 0 Å². The van der Waals surface area contributed by atoms with Crippen molar-refractivity contribution < 1.29 is 21.6 Å². The standard InChI is InChI=1S/C6H2ClF3INO2S/c7-15(13,14)3-1-2(8)6(11)12-4(3)5(9)10/h1,5H. The Morgan fingerprint density at radius 3 is 2.40 bits per heavy atom. The van der Waals surface area contributed by atoms with Gasteiger partial charge in [-0.05, 0) is 28.7 Å². The fourth-order valence-corrected chi connectivity index (χ4v) is 2.23. The highest BCUT2D eigenvalue weighted by molar-refractivity contribution is 14.1. The average Bonchev–Trinajstić information content (AvgIpc) is 2.06. The van der Waals surface area contributed by atoms with Crippen LogP contribution in [0.3, 0.4) is 0 Å². The lowest BCUT2D eigenvalue weighted by molar-refractivity contribution is 0.142. The van der Waals surface area contributed by atoms with Crippen molar-refractivity contribution in [2.45, 2.75) is 11.3 Å². The van der Waals surface area contributed by atoms with Crippen molar-refractivity contribution in [3.8, 4) is 0 Å². The minimum atomic E-state index is -4.43. The molecule has 0 unspecified atom stereocenters. The summed E-state index contributed by atoms with van der Waals surface area (Å²) in [6, 6.07) is 0.429. The molecule has 0 atom stereocenters. The number of hydrogen-bond acceptors (Lipinski definition) is 3. The molecule has 0 amide bonds. The molecule has 3 nitrogen and oxygen atoms in total. The quantitative estimate of drug-likeness (QED) is 0.456. The molecule has 0 fully saturated rings. The minimum absolute atomic E-state index is 0.341. The topological polar surface area (TPSA) is 47.0 Å². The molecule has 0 N–H and O–H groups in total. The summed E-state index contributed by atoms with van der Waals surface area (Å²) in [6.07, 6.45) is -3.14. The first-order chi connectivity index (χ1) is 6.73. The summed E-state index contributed by atoms with van der Waals surface area (Å²) in [5.74, 6) is -1.01. The van der Waals surface area contributed by atoms with E-state index in [4.69, 9.17) is 10.7 Å². The highest BCUT2D eigenvalue weighted by Gasteiger charge is 2.25. The lowest BCUT2D eigenvalue weighted by Crippen LogP contribution is -2.05. The third kappa shape index (κ3) is 2.94. The van der Waals surface area contributed by atoms with E-state index < -0.39 is 31.9 Å². The van der Waals surface area contributed by atoms with Crippen molar-refractivity contribution >= 4 is 42.3 Å². The van der Waals surface area contributed by atoms with Crippen molar-refractivity contribution in [1.82, 2.24) is 4.98 Å². The van der Waals surface area contributed by atoms with Gasteiger partial charge in [-0.3, -0.25) is 0 Å². The van der Waals surface area contributed by atoms with Crippen LogP contribution in [0.5, 0.6) is 0 Å². The lowest BCUT2D eigenvalue weighted by atomic mass is 10.3. The summed E-state index contributed by atoms with van der Waals surface area (Å²) in [7, 11) is 0.431. The lowest BCUT2D eigenvalue weighted by Gasteiger charge is -2.05. The molecule has 84 valence electrons. The molecule has 9 heteroatoms. The van der Waals surface area contributed by atoms with Crippen LogP contribution in [0.4, 0.5) is 13.2 Å². The number of nitrogens with zero attached hydrogens (tertiary/aromatic N) is 1. The van der Waals surface area contributed by atoms with Gasteiger partial charge in [0.1, 0.15) is 14.3 Å². The van der Waals surface area contributed by atoms with E-state index >= 15 is 0 Å². The van der Waals surface area contributed by atoms with Gasteiger partial charge in [0.05, 0.1) is 0 Å². The molecule has 15 heavy (non-hydrogen) atoms. The van der Waals surface area contributed by atoms with E-state index in [2.05, 4.69) is 4.98 Å². The van der Waals surface area contributed by atoms with E-state index in [1.165, 1.54) is 22.6 Å². The predicted molar refractivity (Wildman–Crippen MR) is 54.9 cm³/mol. The average molecular weight is 372 g/mol. The molecular formula is C6H2ClF3INO2S. The van der Waals surface area contributed by atoms with E-state index in [0.29, 0.717) is 6.07 Å². The van der Waals surface area contributed by atoms with Crippen LogP contribution in [-0.2, 0) is 9.05 Å². The second-order valence-corrected chi connectivity index (χ2v) is 5.94. The van der Waals surface area contributed by atoms with Crippen LogP contribution in [0.2, 0.25) is 0 Å². The van der Waals surface area contributed by atoms with E-state index in [1.807, 2.05) is 0 Å². The van der Waals surface area contributed by atoms with Crippen molar-refractivity contribution in [1.29, 1.82) is 0 Å². The van der Waals surface area contributed by atoms with Gasteiger partial charge in [0, 0.05) is 10.7 Å². The van der Waals surface area contributed by atoms with Crippen molar-refractivity contribution in [2.24, 2.45) is 0 Å². The summed E-state index contributed by atoms with van der Waals surface area (Å²) in [5.41, 5.74) is -1.05. The van der Waals surface area contributed by atoms with Gasteiger partial charge in [-0.25, -0.2) is 26.6 Å². The Labute approximate surface area is 101 Å². The zero-order valence-electron chi connectivity index (χ0n) is 6.72. The van der Waals surface area contributed by atoms with Crippen LogP contribution in [0.15, 0.2) is 11.0 Å². The Morgan fingerprint density at radius 1 is 1.47 bits per heavy atom. The number of aromatic nitrogens is 1. The molecule has 0 aliphatic heterocycles. The van der Waals surface area contributed by atoms with Crippen molar-refractivity contribution in [3.05, 3.63) is 21.3 Å². The molecule has 0 bridgehead atoms. The maximum atomic E-state index is 12.9. The van der Waals surface area contributed by atoms with Gasteiger partial charge in [0.25, 0.3) is 15.5 Å². The summed E-state index contributed by atoms with van der Waals surface area (Å²) in [6.45, 7) is 0. The molecule has 0 spiro atoms. The van der Waals surface area contributed by atoms with Crippen LogP contribution in [0.1, 0.15) is 12.1 Å². The molecule has 0 aromatic carbocycles. The molecule has 0 aliphatic carbocycles. The van der Waals surface area contributed by atoms with Crippen LogP contribution in [0, 0.1) is 9.52 Å². The first-order valence-electron chi connectivity index (χ1n) is 3.32. The zero-order valence-corrected chi connectivity index (χ0v) is 10.4. The second kappa shape index (κ2) is 4.42. The number of pyridine rings is 1. The molecule has 0 radical (unpaired) electrons. The summed E-state index contributed by atoms with van der Waals surface area (Å²) >= 11 is 1.37. The monoisotopic (exact) mass is 371 g/mol. The third-order valence-corrected chi connectivity index (χ3v) is 3.50. The summed E-state index contributed by atoms with van der Waals surface area (Å²) in [5, 5.41) is 0. The molecule has 0 aliphatic rings. The predicted octanol–water partition coefficient (Wildman–Crippen LogP) is 2.69. The minimum Gasteiger partial charge on any atom is -0.236 e. The SMILES string of the molecule is O=S(=O)(Cl)c1cc(F)c(I)nc1C(F)F. The molecule has 0 saturated heterocycles. The van der Waals surface area contributed by atoms with Gasteiger partial charge in [-0.2, -0.15) is 0 Å².